The highest BCUT2D eigenvalue weighted by atomic mass is 31.2. The number of hydrogen-bond acceptors (Lipinski definition) is 9. The number of ether oxygens (including phenoxy) is 3. The maximum Gasteiger partial charge on any atom is 0.475 e. The molecule has 0 saturated carbocycles. The average molecular weight is 452 g/mol. The molecule has 2 aromatic rings. The van der Waals surface area contributed by atoms with Gasteiger partial charge in [0, 0.05) is 6.92 Å². The predicted octanol–water partition coefficient (Wildman–Crippen LogP) is 4.54. The molecule has 0 aliphatic rings. The number of carbonyl (C=O) groups excluding carboxylic acids is 2. The van der Waals surface area contributed by atoms with Gasteiger partial charge in [-0.05, 0) is 43.7 Å². The third-order valence-electron chi connectivity index (χ3n) is 3.76. The molecule has 0 fully saturated rings. The van der Waals surface area contributed by atoms with Crippen molar-refractivity contribution in [3.05, 3.63) is 53.6 Å². The minimum Gasteiger partial charge on any atom is -0.493 e. The molecule has 2 rings (SSSR count). The van der Waals surface area contributed by atoms with E-state index in [-0.39, 0.29) is 36.9 Å². The summed E-state index contributed by atoms with van der Waals surface area (Å²) in [7, 11) is -2.28. The van der Waals surface area contributed by atoms with Gasteiger partial charge in [-0.15, -0.1) is 0 Å². The lowest BCUT2D eigenvalue weighted by Gasteiger charge is -2.17. The standard InChI is InChI=1S/C21H25O9P/c1-5-26-31(24,27-6-2)28-14-16-11-12-19(25-4)20(13-16)30-21(23)17-9-7-8-10-18(17)29-15(3)22/h7-13H,5-6,14H2,1-4H3. The molecule has 0 N–H and O–H groups in total. The number of carbonyl (C=O) groups is 2. The molecule has 0 bridgehead atoms. The first-order valence-electron chi connectivity index (χ1n) is 9.52. The Labute approximate surface area is 180 Å². The average Bonchev–Trinajstić information content (AvgIpc) is 2.73. The zero-order chi connectivity index (χ0) is 22.9. The number of benzene rings is 2. The van der Waals surface area contributed by atoms with E-state index in [1.54, 1.807) is 38.1 Å². The highest BCUT2D eigenvalue weighted by Gasteiger charge is 2.26. The summed E-state index contributed by atoms with van der Waals surface area (Å²) in [5.41, 5.74) is 0.607. The van der Waals surface area contributed by atoms with Crippen LogP contribution in [0.15, 0.2) is 42.5 Å². The molecule has 0 unspecified atom stereocenters. The molecule has 10 heteroatoms. The van der Waals surface area contributed by atoms with E-state index in [9.17, 15) is 14.2 Å². The maximum atomic E-state index is 12.7. The van der Waals surface area contributed by atoms with E-state index in [0.717, 1.165) is 0 Å². The summed E-state index contributed by atoms with van der Waals surface area (Å²) in [5, 5.41) is 0. The van der Waals surface area contributed by atoms with Crippen LogP contribution in [0.5, 0.6) is 17.2 Å². The van der Waals surface area contributed by atoms with Crippen molar-refractivity contribution in [3.8, 4) is 17.2 Å². The number of phosphoric ester groups is 1. The number of para-hydroxylation sites is 1. The normalized spacial score (nSPS) is 11.1. The molecule has 0 aliphatic heterocycles. The second-order valence-electron chi connectivity index (χ2n) is 6.02. The second-order valence-corrected chi connectivity index (χ2v) is 7.69. The Morgan fingerprint density at radius 1 is 0.871 bits per heavy atom. The summed E-state index contributed by atoms with van der Waals surface area (Å²) in [6.07, 6.45) is 0. The van der Waals surface area contributed by atoms with Crippen LogP contribution in [0.1, 0.15) is 36.7 Å². The van der Waals surface area contributed by atoms with Crippen LogP contribution >= 0.6 is 7.82 Å². The topological polar surface area (TPSA) is 107 Å². The number of phosphoric acid groups is 1. The Morgan fingerprint density at radius 3 is 2.16 bits per heavy atom. The summed E-state index contributed by atoms with van der Waals surface area (Å²) in [5.74, 6) is -0.839. The first kappa shape index (κ1) is 24.6. The lowest BCUT2D eigenvalue weighted by molar-refractivity contribution is -0.131. The number of rotatable bonds is 11. The van der Waals surface area contributed by atoms with Gasteiger partial charge in [0.2, 0.25) is 0 Å². The lowest BCUT2D eigenvalue weighted by atomic mass is 10.2. The molecule has 0 spiro atoms. The molecule has 31 heavy (non-hydrogen) atoms. The molecule has 0 aromatic heterocycles. The molecule has 9 nitrogen and oxygen atoms in total. The van der Waals surface area contributed by atoms with E-state index < -0.39 is 19.8 Å². The SMILES string of the molecule is CCOP(=O)(OCC)OCc1ccc(OC)c(OC(=O)c2ccccc2OC(C)=O)c1. The van der Waals surface area contributed by atoms with Gasteiger partial charge in [0.1, 0.15) is 11.3 Å². The van der Waals surface area contributed by atoms with Gasteiger partial charge in [-0.1, -0.05) is 18.2 Å². The minimum absolute atomic E-state index is 0.0681. The highest BCUT2D eigenvalue weighted by Crippen LogP contribution is 2.50. The van der Waals surface area contributed by atoms with Crippen LogP contribution < -0.4 is 14.2 Å². The molecule has 0 radical (unpaired) electrons. The van der Waals surface area contributed by atoms with Gasteiger partial charge in [0.05, 0.1) is 26.9 Å². The third-order valence-corrected chi connectivity index (χ3v) is 5.35. The van der Waals surface area contributed by atoms with Gasteiger partial charge in [-0.25, -0.2) is 9.36 Å². The predicted molar refractivity (Wildman–Crippen MR) is 111 cm³/mol. The van der Waals surface area contributed by atoms with E-state index in [1.807, 2.05) is 0 Å². The second kappa shape index (κ2) is 11.6. The van der Waals surface area contributed by atoms with E-state index in [1.165, 1.54) is 32.2 Å². The Bertz CT molecular complexity index is 948. The minimum atomic E-state index is -3.70. The molecular formula is C21H25O9P. The molecule has 0 atom stereocenters. The first-order chi connectivity index (χ1) is 14.8. The van der Waals surface area contributed by atoms with Gasteiger partial charge in [0.25, 0.3) is 0 Å². The van der Waals surface area contributed by atoms with E-state index in [0.29, 0.717) is 11.3 Å². The van der Waals surface area contributed by atoms with Crippen LogP contribution in [0.3, 0.4) is 0 Å². The number of hydrogen-bond donors (Lipinski definition) is 0. The van der Waals surface area contributed by atoms with Crippen molar-refractivity contribution in [1.29, 1.82) is 0 Å². The van der Waals surface area contributed by atoms with Crippen LogP contribution in [-0.4, -0.2) is 32.3 Å². The Balaban J connectivity index is 2.22. The smallest absolute Gasteiger partial charge is 0.475 e. The van der Waals surface area contributed by atoms with Gasteiger partial charge in [-0.2, -0.15) is 0 Å². The molecule has 0 saturated heterocycles. The van der Waals surface area contributed by atoms with Crippen molar-refractivity contribution >= 4 is 19.8 Å². The maximum absolute atomic E-state index is 12.7. The van der Waals surface area contributed by atoms with Crippen LogP contribution in [0.2, 0.25) is 0 Å². The fourth-order valence-corrected chi connectivity index (χ4v) is 3.67. The quantitative estimate of drug-likeness (QED) is 0.276. The summed E-state index contributed by atoms with van der Waals surface area (Å²) in [6, 6.07) is 10.9. The Kier molecular flexibility index (Phi) is 9.21. The largest absolute Gasteiger partial charge is 0.493 e. The van der Waals surface area contributed by atoms with Crippen molar-refractivity contribution in [1.82, 2.24) is 0 Å². The van der Waals surface area contributed by atoms with Crippen molar-refractivity contribution in [2.24, 2.45) is 0 Å². The van der Waals surface area contributed by atoms with Crippen molar-refractivity contribution in [2.45, 2.75) is 27.4 Å². The number of methoxy groups -OCH3 is 1. The molecule has 2 aromatic carbocycles. The van der Waals surface area contributed by atoms with Crippen LogP contribution in [0.25, 0.3) is 0 Å². The fourth-order valence-electron chi connectivity index (χ4n) is 2.51. The van der Waals surface area contributed by atoms with Crippen LogP contribution in [-0.2, 0) is 29.5 Å². The third kappa shape index (κ3) is 7.18. The zero-order valence-corrected chi connectivity index (χ0v) is 18.7. The molecule has 0 aliphatic carbocycles. The Morgan fingerprint density at radius 2 is 1.55 bits per heavy atom. The first-order valence-corrected chi connectivity index (χ1v) is 11.0. The van der Waals surface area contributed by atoms with E-state index in [2.05, 4.69) is 0 Å². The van der Waals surface area contributed by atoms with Crippen LogP contribution in [0.4, 0.5) is 0 Å². The molecular weight excluding hydrogens is 427 g/mol. The molecule has 168 valence electrons. The number of esters is 2. The van der Waals surface area contributed by atoms with E-state index >= 15 is 0 Å². The zero-order valence-electron chi connectivity index (χ0n) is 17.8. The van der Waals surface area contributed by atoms with Gasteiger partial charge in [-0.3, -0.25) is 18.4 Å². The Hall–Kier alpha value is -2.71. The van der Waals surface area contributed by atoms with Crippen LogP contribution in [0, 0.1) is 0 Å². The van der Waals surface area contributed by atoms with E-state index in [4.69, 9.17) is 27.8 Å². The monoisotopic (exact) mass is 452 g/mol. The van der Waals surface area contributed by atoms with Gasteiger partial charge >= 0.3 is 19.8 Å². The summed E-state index contributed by atoms with van der Waals surface area (Å²) in [6.45, 7) is 4.78. The highest BCUT2D eigenvalue weighted by molar-refractivity contribution is 7.48. The summed E-state index contributed by atoms with van der Waals surface area (Å²) >= 11 is 0. The fraction of sp³-hybridized carbons (Fsp3) is 0.333. The van der Waals surface area contributed by atoms with Gasteiger partial charge in [0.15, 0.2) is 11.5 Å². The lowest BCUT2D eigenvalue weighted by Crippen LogP contribution is -2.13. The summed E-state index contributed by atoms with van der Waals surface area (Å²) < 4.78 is 43.8. The van der Waals surface area contributed by atoms with Crippen molar-refractivity contribution in [3.63, 3.8) is 0 Å². The summed E-state index contributed by atoms with van der Waals surface area (Å²) in [4.78, 5) is 24.0. The molecule has 0 heterocycles. The van der Waals surface area contributed by atoms with Crippen molar-refractivity contribution < 1.29 is 41.9 Å². The van der Waals surface area contributed by atoms with Gasteiger partial charge < -0.3 is 14.2 Å². The molecule has 0 amide bonds. The van der Waals surface area contributed by atoms with Crippen molar-refractivity contribution in [2.75, 3.05) is 20.3 Å².